The van der Waals surface area contributed by atoms with Gasteiger partial charge in [0.25, 0.3) is 0 Å². The normalized spacial score (nSPS) is 12.4. The molecule has 0 aliphatic heterocycles. The van der Waals surface area contributed by atoms with Crippen LogP contribution >= 0.6 is 50.7 Å². The predicted molar refractivity (Wildman–Crippen MR) is 96.4 cm³/mol. The number of hydrogen-bond donors (Lipinski definition) is 1. The Morgan fingerprint density at radius 3 is 2.61 bits per heavy atom. The maximum absolute atomic E-state index is 12.3. The van der Waals surface area contributed by atoms with Crippen LogP contribution in [0, 0.1) is 0 Å². The van der Waals surface area contributed by atoms with Crippen LogP contribution in [0.4, 0.5) is 10.5 Å². The van der Waals surface area contributed by atoms with Crippen molar-refractivity contribution in [1.29, 1.82) is 0 Å². The Morgan fingerprint density at radius 2 is 2.09 bits per heavy atom. The van der Waals surface area contributed by atoms with E-state index in [2.05, 4.69) is 21.2 Å². The van der Waals surface area contributed by atoms with E-state index < -0.39 is 21.5 Å². The first-order valence-electron chi connectivity index (χ1n) is 6.70. The molecule has 0 saturated carbocycles. The van der Waals surface area contributed by atoms with E-state index >= 15 is 0 Å². The largest absolute Gasteiger partial charge is 0.437 e. The lowest BCUT2D eigenvalue weighted by Crippen LogP contribution is -2.49. The van der Waals surface area contributed by atoms with Crippen LogP contribution in [0.5, 0.6) is 0 Å². The van der Waals surface area contributed by atoms with Crippen molar-refractivity contribution in [3.63, 3.8) is 0 Å². The van der Waals surface area contributed by atoms with E-state index in [0.29, 0.717) is 17.1 Å². The number of urea groups is 1. The number of nitrogens with zero attached hydrogens (tertiary/aromatic N) is 1. The van der Waals surface area contributed by atoms with Crippen LogP contribution in [0.25, 0.3) is 0 Å². The molecule has 1 atom stereocenters. The molecule has 0 aliphatic carbocycles. The molecule has 1 N–H and O–H groups in total. The maximum atomic E-state index is 12.3. The number of carbonyl (C=O) groups is 2. The fraction of sp³-hybridized carbons (Fsp3) is 0.429. The van der Waals surface area contributed by atoms with E-state index in [1.54, 1.807) is 24.3 Å². The molecule has 1 rings (SSSR count). The zero-order chi connectivity index (χ0) is 17.6. The molecule has 0 bridgehead atoms. The molecule has 1 aromatic rings. The SMILES string of the molecule is CCCC(=O)OC(N(C)C(=O)Nc1cccc(Cl)c1)C(Cl)(Cl)Br. The second kappa shape index (κ2) is 8.97. The van der Waals surface area contributed by atoms with Gasteiger partial charge in [-0.2, -0.15) is 0 Å². The highest BCUT2D eigenvalue weighted by atomic mass is 79.9. The monoisotopic (exact) mass is 444 g/mol. The van der Waals surface area contributed by atoms with Crippen molar-refractivity contribution in [2.24, 2.45) is 0 Å². The molecule has 2 amide bonds. The van der Waals surface area contributed by atoms with Crippen molar-refractivity contribution in [2.45, 2.75) is 29.2 Å². The summed E-state index contributed by atoms with van der Waals surface area (Å²) >= 11 is 20.8. The van der Waals surface area contributed by atoms with Gasteiger partial charge in [0.2, 0.25) is 9.47 Å². The Bertz CT molecular complexity index is 566. The molecule has 1 aromatic carbocycles. The van der Waals surface area contributed by atoms with Crippen molar-refractivity contribution in [1.82, 2.24) is 4.90 Å². The van der Waals surface area contributed by atoms with E-state index in [1.807, 2.05) is 6.92 Å². The smallest absolute Gasteiger partial charge is 0.324 e. The summed E-state index contributed by atoms with van der Waals surface area (Å²) in [4.78, 5) is 25.1. The quantitative estimate of drug-likeness (QED) is 0.380. The Labute approximate surface area is 158 Å². The van der Waals surface area contributed by atoms with Crippen LogP contribution in [-0.2, 0) is 9.53 Å². The van der Waals surface area contributed by atoms with E-state index in [-0.39, 0.29) is 6.42 Å². The second-order valence-electron chi connectivity index (χ2n) is 4.69. The summed E-state index contributed by atoms with van der Waals surface area (Å²) < 4.78 is 3.53. The molecule has 23 heavy (non-hydrogen) atoms. The maximum Gasteiger partial charge on any atom is 0.324 e. The lowest BCUT2D eigenvalue weighted by Gasteiger charge is -2.32. The zero-order valence-electron chi connectivity index (χ0n) is 12.5. The van der Waals surface area contributed by atoms with Gasteiger partial charge < -0.3 is 10.1 Å². The molecule has 0 saturated heterocycles. The average Bonchev–Trinajstić information content (AvgIpc) is 2.43. The molecule has 128 valence electrons. The van der Waals surface area contributed by atoms with Gasteiger partial charge in [0.05, 0.1) is 0 Å². The highest BCUT2D eigenvalue weighted by Crippen LogP contribution is 2.36. The summed E-state index contributed by atoms with van der Waals surface area (Å²) in [5.41, 5.74) is 0.484. The molecular formula is C14H16BrCl3N2O3. The Kier molecular flexibility index (Phi) is 7.94. The molecule has 9 heteroatoms. The minimum atomic E-state index is -1.66. The Hall–Kier alpha value is -0.690. The third-order valence-electron chi connectivity index (χ3n) is 2.73. The van der Waals surface area contributed by atoms with Gasteiger partial charge >= 0.3 is 12.0 Å². The summed E-state index contributed by atoms with van der Waals surface area (Å²) in [6, 6.07) is 6.05. The molecule has 0 radical (unpaired) electrons. The zero-order valence-corrected chi connectivity index (χ0v) is 16.3. The summed E-state index contributed by atoms with van der Waals surface area (Å²) in [6.07, 6.45) is -0.426. The number of halogens is 4. The van der Waals surface area contributed by atoms with Crippen molar-refractivity contribution >= 4 is 68.4 Å². The van der Waals surface area contributed by atoms with Crippen LogP contribution in [0.15, 0.2) is 24.3 Å². The Morgan fingerprint density at radius 1 is 1.43 bits per heavy atom. The number of benzene rings is 1. The first-order valence-corrected chi connectivity index (χ1v) is 8.63. The van der Waals surface area contributed by atoms with E-state index in [1.165, 1.54) is 7.05 Å². The molecule has 0 aromatic heterocycles. The van der Waals surface area contributed by atoms with Gasteiger partial charge in [-0.3, -0.25) is 9.69 Å². The van der Waals surface area contributed by atoms with Crippen LogP contribution in [-0.4, -0.2) is 33.4 Å². The third-order valence-corrected chi connectivity index (χ3v) is 3.73. The molecular weight excluding hydrogens is 430 g/mol. The highest BCUT2D eigenvalue weighted by Gasteiger charge is 2.40. The standard InChI is InChI=1S/C14H16BrCl3N2O3/c1-3-5-11(21)23-12(14(15,17)18)20(2)13(22)19-10-7-4-6-9(16)8-10/h4,6-8,12H,3,5H2,1-2H3,(H,19,22). The van der Waals surface area contributed by atoms with Gasteiger partial charge in [0.1, 0.15) is 0 Å². The molecule has 1 unspecified atom stereocenters. The van der Waals surface area contributed by atoms with Crippen molar-refractivity contribution < 1.29 is 14.3 Å². The highest BCUT2D eigenvalue weighted by molar-refractivity contribution is 9.11. The topological polar surface area (TPSA) is 58.6 Å². The number of nitrogens with one attached hydrogen (secondary N) is 1. The fourth-order valence-electron chi connectivity index (χ4n) is 1.64. The number of hydrogen-bond acceptors (Lipinski definition) is 3. The van der Waals surface area contributed by atoms with E-state index in [0.717, 1.165) is 4.90 Å². The number of carbonyl (C=O) groups excluding carboxylic acids is 2. The van der Waals surface area contributed by atoms with Crippen LogP contribution in [0.3, 0.4) is 0 Å². The minimum absolute atomic E-state index is 0.192. The molecule has 0 aliphatic rings. The van der Waals surface area contributed by atoms with E-state index in [9.17, 15) is 9.59 Å². The molecule has 0 heterocycles. The van der Waals surface area contributed by atoms with Crippen molar-refractivity contribution in [2.75, 3.05) is 12.4 Å². The van der Waals surface area contributed by atoms with Crippen molar-refractivity contribution in [3.8, 4) is 0 Å². The average molecular weight is 447 g/mol. The number of amides is 2. The number of esters is 1. The van der Waals surface area contributed by atoms with Gasteiger partial charge in [-0.05, 0) is 40.5 Å². The number of ether oxygens (including phenoxy) is 1. The van der Waals surface area contributed by atoms with Crippen LogP contribution < -0.4 is 5.32 Å². The summed E-state index contributed by atoms with van der Waals surface area (Å²) in [5.74, 6) is -0.509. The van der Waals surface area contributed by atoms with Gasteiger partial charge in [0.15, 0.2) is 0 Å². The summed E-state index contributed by atoms with van der Waals surface area (Å²) in [5, 5.41) is 3.09. The summed E-state index contributed by atoms with van der Waals surface area (Å²) in [7, 11) is 1.41. The number of rotatable bonds is 6. The van der Waals surface area contributed by atoms with Gasteiger partial charge in [-0.1, -0.05) is 47.8 Å². The number of alkyl halides is 3. The van der Waals surface area contributed by atoms with Gasteiger partial charge in [-0.25, -0.2) is 4.79 Å². The fourth-order valence-corrected chi connectivity index (χ4v) is 2.61. The predicted octanol–water partition coefficient (Wildman–Crippen LogP) is 5.00. The van der Waals surface area contributed by atoms with E-state index in [4.69, 9.17) is 39.5 Å². The summed E-state index contributed by atoms with van der Waals surface area (Å²) in [6.45, 7) is 1.83. The molecule has 5 nitrogen and oxygen atoms in total. The second-order valence-corrected chi connectivity index (χ2v) is 8.67. The van der Waals surface area contributed by atoms with Gasteiger partial charge in [0, 0.05) is 24.2 Å². The Balaban J connectivity index is 2.84. The number of anilines is 1. The van der Waals surface area contributed by atoms with Crippen LogP contribution in [0.2, 0.25) is 5.02 Å². The third kappa shape index (κ3) is 6.75. The van der Waals surface area contributed by atoms with Gasteiger partial charge in [-0.15, -0.1) is 0 Å². The first-order chi connectivity index (χ1) is 10.6. The minimum Gasteiger partial charge on any atom is -0.437 e. The molecule has 0 fully saturated rings. The molecule has 0 spiro atoms. The van der Waals surface area contributed by atoms with Crippen LogP contribution in [0.1, 0.15) is 19.8 Å². The van der Waals surface area contributed by atoms with Crippen molar-refractivity contribution in [3.05, 3.63) is 29.3 Å². The first kappa shape index (κ1) is 20.4. The lowest BCUT2D eigenvalue weighted by molar-refractivity contribution is -0.154. The lowest BCUT2D eigenvalue weighted by atomic mass is 10.3.